The molecule has 9 heteroatoms. The predicted molar refractivity (Wildman–Crippen MR) is 62.0 cm³/mol. The molecule has 1 aromatic heterocycles. The van der Waals surface area contributed by atoms with Gasteiger partial charge in [0.2, 0.25) is 17.6 Å². The number of hydrogen-bond acceptors (Lipinski definition) is 4. The highest BCUT2D eigenvalue weighted by molar-refractivity contribution is 5.93. The summed E-state index contributed by atoms with van der Waals surface area (Å²) in [4.78, 5) is 15.0. The van der Waals surface area contributed by atoms with E-state index in [1.807, 2.05) is 0 Å². The number of hydrogen-bond donors (Lipinski definition) is 0. The lowest BCUT2D eigenvalue weighted by Gasteiger charge is -2.09. The van der Waals surface area contributed by atoms with E-state index in [-0.39, 0.29) is 11.8 Å². The topological polar surface area (TPSA) is 48.4 Å². The molecule has 22 heavy (non-hydrogen) atoms. The number of rotatable bonds is 3. The minimum absolute atomic E-state index is 0.162. The second kappa shape index (κ2) is 5.96. The SMILES string of the molecule is COc1cc(F)ncc1C(=O)Oc1cc(F)c(F)c(F)c1F. The maximum absolute atomic E-state index is 13.4. The Balaban J connectivity index is 2.38. The van der Waals surface area contributed by atoms with Crippen LogP contribution in [0.15, 0.2) is 18.3 Å². The van der Waals surface area contributed by atoms with Crippen LogP contribution in [0.25, 0.3) is 0 Å². The zero-order valence-corrected chi connectivity index (χ0v) is 10.8. The summed E-state index contributed by atoms with van der Waals surface area (Å²) in [5, 5.41) is 0. The van der Waals surface area contributed by atoms with E-state index in [4.69, 9.17) is 4.74 Å². The molecule has 0 aliphatic rings. The lowest BCUT2D eigenvalue weighted by Crippen LogP contribution is -2.13. The van der Waals surface area contributed by atoms with Gasteiger partial charge in [-0.2, -0.15) is 8.78 Å². The molecule has 0 fully saturated rings. The van der Waals surface area contributed by atoms with Crippen molar-refractivity contribution < 1.29 is 36.2 Å². The van der Waals surface area contributed by atoms with E-state index in [1.165, 1.54) is 0 Å². The summed E-state index contributed by atoms with van der Waals surface area (Å²) in [5.74, 6) is -11.6. The molecule has 0 radical (unpaired) electrons. The fourth-order valence-corrected chi connectivity index (χ4v) is 1.52. The van der Waals surface area contributed by atoms with Crippen molar-refractivity contribution in [2.45, 2.75) is 0 Å². The van der Waals surface area contributed by atoms with Crippen LogP contribution in [0.1, 0.15) is 10.4 Å². The summed E-state index contributed by atoms with van der Waals surface area (Å²) in [6, 6.07) is 0.911. The Hall–Kier alpha value is -2.71. The highest BCUT2D eigenvalue weighted by atomic mass is 19.2. The highest BCUT2D eigenvalue weighted by Gasteiger charge is 2.23. The van der Waals surface area contributed by atoms with E-state index in [2.05, 4.69) is 9.72 Å². The monoisotopic (exact) mass is 319 g/mol. The Morgan fingerprint density at radius 2 is 1.68 bits per heavy atom. The molecule has 2 aromatic rings. The number of benzene rings is 1. The van der Waals surface area contributed by atoms with E-state index in [1.54, 1.807) is 0 Å². The molecule has 0 unspecified atom stereocenters. The molecule has 0 saturated carbocycles. The number of aromatic nitrogens is 1. The second-order valence-corrected chi connectivity index (χ2v) is 3.90. The van der Waals surface area contributed by atoms with Gasteiger partial charge in [0, 0.05) is 18.3 Å². The third-order valence-corrected chi connectivity index (χ3v) is 2.54. The normalized spacial score (nSPS) is 10.5. The predicted octanol–water partition coefficient (Wildman–Crippen LogP) is 3.00. The van der Waals surface area contributed by atoms with Gasteiger partial charge in [-0.15, -0.1) is 0 Å². The zero-order chi connectivity index (χ0) is 16.4. The lowest BCUT2D eigenvalue weighted by molar-refractivity contribution is 0.0721. The van der Waals surface area contributed by atoms with Crippen molar-refractivity contribution in [3.8, 4) is 11.5 Å². The van der Waals surface area contributed by atoms with Gasteiger partial charge in [0.15, 0.2) is 17.4 Å². The van der Waals surface area contributed by atoms with Crippen LogP contribution in [0.3, 0.4) is 0 Å². The van der Waals surface area contributed by atoms with Crippen molar-refractivity contribution in [1.29, 1.82) is 0 Å². The summed E-state index contributed by atoms with van der Waals surface area (Å²) in [5.41, 5.74) is -0.423. The van der Waals surface area contributed by atoms with Gasteiger partial charge in [-0.1, -0.05) is 0 Å². The Morgan fingerprint density at radius 1 is 1.00 bits per heavy atom. The first kappa shape index (κ1) is 15.7. The highest BCUT2D eigenvalue weighted by Crippen LogP contribution is 2.26. The number of carbonyl (C=O) groups excluding carboxylic acids is 1. The maximum atomic E-state index is 13.4. The molecule has 0 aliphatic carbocycles. The van der Waals surface area contributed by atoms with Crippen LogP contribution in [0.2, 0.25) is 0 Å². The number of halogens is 5. The van der Waals surface area contributed by atoms with Gasteiger partial charge in [-0.05, 0) is 0 Å². The van der Waals surface area contributed by atoms with Crippen molar-refractivity contribution in [2.75, 3.05) is 7.11 Å². The minimum Gasteiger partial charge on any atom is -0.496 e. The molecule has 1 heterocycles. The molecule has 0 bridgehead atoms. The molecule has 1 aromatic carbocycles. The average molecular weight is 319 g/mol. The Morgan fingerprint density at radius 3 is 2.32 bits per heavy atom. The van der Waals surface area contributed by atoms with Gasteiger partial charge >= 0.3 is 5.97 Å². The Labute approximate surface area is 120 Å². The smallest absolute Gasteiger partial charge is 0.349 e. The molecule has 0 amide bonds. The largest absolute Gasteiger partial charge is 0.496 e. The fraction of sp³-hybridized carbons (Fsp3) is 0.0769. The summed E-state index contributed by atoms with van der Waals surface area (Å²) in [6.07, 6.45) is 0.727. The van der Waals surface area contributed by atoms with Gasteiger partial charge in [0.1, 0.15) is 11.3 Å². The van der Waals surface area contributed by atoms with Crippen LogP contribution < -0.4 is 9.47 Å². The van der Waals surface area contributed by atoms with Crippen molar-refractivity contribution in [1.82, 2.24) is 4.98 Å². The number of esters is 1. The van der Waals surface area contributed by atoms with Gasteiger partial charge in [0.25, 0.3) is 0 Å². The molecule has 0 spiro atoms. The molecule has 0 N–H and O–H groups in total. The molecular weight excluding hydrogens is 313 g/mol. The van der Waals surface area contributed by atoms with E-state index < -0.39 is 46.5 Å². The van der Waals surface area contributed by atoms with E-state index >= 15 is 0 Å². The number of nitrogens with zero attached hydrogens (tertiary/aromatic N) is 1. The van der Waals surface area contributed by atoms with Crippen molar-refractivity contribution in [3.63, 3.8) is 0 Å². The number of carbonyl (C=O) groups is 1. The number of methoxy groups -OCH3 is 1. The Kier molecular flexibility index (Phi) is 4.25. The summed E-state index contributed by atoms with van der Waals surface area (Å²) in [6.45, 7) is 0. The maximum Gasteiger partial charge on any atom is 0.349 e. The molecule has 116 valence electrons. The van der Waals surface area contributed by atoms with E-state index in [9.17, 15) is 26.7 Å². The first-order valence-electron chi connectivity index (χ1n) is 5.59. The number of pyridine rings is 1. The summed E-state index contributed by atoms with van der Waals surface area (Å²) < 4.78 is 74.3. The fourth-order valence-electron chi connectivity index (χ4n) is 1.52. The van der Waals surface area contributed by atoms with Crippen LogP contribution in [0.5, 0.6) is 11.5 Å². The van der Waals surface area contributed by atoms with E-state index in [0.29, 0.717) is 0 Å². The van der Waals surface area contributed by atoms with Crippen LogP contribution in [-0.4, -0.2) is 18.1 Å². The second-order valence-electron chi connectivity index (χ2n) is 3.90. The Bertz CT molecular complexity index is 751. The molecule has 0 aliphatic heterocycles. The van der Waals surface area contributed by atoms with Crippen molar-refractivity contribution >= 4 is 5.97 Å². The van der Waals surface area contributed by atoms with Gasteiger partial charge in [-0.25, -0.2) is 22.9 Å². The first-order valence-corrected chi connectivity index (χ1v) is 5.59. The molecule has 4 nitrogen and oxygen atoms in total. The molecule has 2 rings (SSSR count). The quantitative estimate of drug-likeness (QED) is 0.218. The van der Waals surface area contributed by atoms with E-state index in [0.717, 1.165) is 19.4 Å². The zero-order valence-electron chi connectivity index (χ0n) is 10.8. The van der Waals surface area contributed by atoms with Gasteiger partial charge in [-0.3, -0.25) is 0 Å². The summed E-state index contributed by atoms with van der Waals surface area (Å²) in [7, 11) is 1.11. The van der Waals surface area contributed by atoms with Gasteiger partial charge < -0.3 is 9.47 Å². The minimum atomic E-state index is -2.13. The van der Waals surface area contributed by atoms with Crippen LogP contribution in [0.4, 0.5) is 22.0 Å². The van der Waals surface area contributed by atoms with Crippen molar-refractivity contribution in [3.05, 3.63) is 53.1 Å². The van der Waals surface area contributed by atoms with Crippen molar-refractivity contribution in [2.24, 2.45) is 0 Å². The first-order chi connectivity index (χ1) is 10.3. The molecule has 0 atom stereocenters. The third kappa shape index (κ3) is 2.83. The molecular formula is C13H6F5NO3. The third-order valence-electron chi connectivity index (χ3n) is 2.54. The van der Waals surface area contributed by atoms with Gasteiger partial charge in [0.05, 0.1) is 7.11 Å². The summed E-state index contributed by atoms with van der Waals surface area (Å²) >= 11 is 0. The average Bonchev–Trinajstić information content (AvgIpc) is 2.50. The van der Waals surface area contributed by atoms with Crippen LogP contribution >= 0.6 is 0 Å². The molecule has 0 saturated heterocycles. The standard InChI is InChI=1S/C13H6F5NO3/c1-21-7-3-9(15)19-4-5(7)13(20)22-8-2-6(14)10(16)12(18)11(8)17/h2-4H,1H3. The number of ether oxygens (including phenoxy) is 2. The van der Waals surface area contributed by atoms with Crippen LogP contribution in [-0.2, 0) is 0 Å². The lowest BCUT2D eigenvalue weighted by atomic mass is 10.2. The van der Waals surface area contributed by atoms with Crippen LogP contribution in [0, 0.1) is 29.2 Å².